The van der Waals surface area contributed by atoms with Crippen LogP contribution in [0.4, 0.5) is 0 Å². The summed E-state index contributed by atoms with van der Waals surface area (Å²) in [5.41, 5.74) is 0.0346. The number of carboxylic acid groups (broad SMARTS) is 1. The minimum atomic E-state index is -0.917. The Balaban J connectivity index is 2.95. The predicted octanol–water partition coefficient (Wildman–Crippen LogP) is 2.70. The number of hydrogen-bond donors (Lipinski definition) is 2. The Kier molecular flexibility index (Phi) is 4.51. The lowest BCUT2D eigenvalue weighted by Crippen LogP contribution is -2.27. The molecular weight excluding hydrogens is 250 g/mol. The molecule has 1 aromatic rings. The minimum Gasteiger partial charge on any atom is -0.481 e. The van der Waals surface area contributed by atoms with E-state index in [9.17, 15) is 9.59 Å². The molecule has 0 aromatic carbocycles. The van der Waals surface area contributed by atoms with Gasteiger partial charge in [0.2, 0.25) is 5.91 Å². The van der Waals surface area contributed by atoms with E-state index in [2.05, 4.69) is 26.1 Å². The summed E-state index contributed by atoms with van der Waals surface area (Å²) < 4.78 is 0. The van der Waals surface area contributed by atoms with Crippen molar-refractivity contribution in [2.24, 2.45) is 0 Å². The van der Waals surface area contributed by atoms with Gasteiger partial charge in [0.05, 0.1) is 12.5 Å². The standard InChI is InChI=1S/C13H19NO3S/c1-8(15)14-9(7-12(16)17)10-5-6-11(18-10)13(2,3)4/h5-6,9H,7H2,1-4H3,(H,14,15)(H,16,17)/t9-/m1/s1. The SMILES string of the molecule is CC(=O)N[C@H](CC(=O)O)c1ccc(C(C)(C)C)s1. The number of nitrogens with one attached hydrogen (secondary N) is 1. The number of thiophene rings is 1. The number of amides is 1. The second-order valence-corrected chi connectivity index (χ2v) is 6.42. The average Bonchev–Trinajstić information content (AvgIpc) is 2.62. The van der Waals surface area contributed by atoms with Crippen LogP contribution in [0.1, 0.15) is 49.9 Å². The number of rotatable bonds is 4. The molecule has 0 radical (unpaired) electrons. The summed E-state index contributed by atoms with van der Waals surface area (Å²) in [4.78, 5) is 24.0. The Labute approximate surface area is 111 Å². The zero-order chi connectivity index (χ0) is 13.9. The van der Waals surface area contributed by atoms with E-state index in [4.69, 9.17) is 5.11 Å². The van der Waals surface area contributed by atoms with Crippen LogP contribution in [0.3, 0.4) is 0 Å². The molecule has 0 aliphatic heterocycles. The van der Waals surface area contributed by atoms with E-state index in [1.165, 1.54) is 11.8 Å². The molecule has 4 nitrogen and oxygen atoms in total. The van der Waals surface area contributed by atoms with Gasteiger partial charge in [-0.1, -0.05) is 20.8 Å². The van der Waals surface area contributed by atoms with Gasteiger partial charge in [-0.05, 0) is 17.5 Å². The highest BCUT2D eigenvalue weighted by Gasteiger charge is 2.22. The monoisotopic (exact) mass is 269 g/mol. The lowest BCUT2D eigenvalue weighted by Gasteiger charge is -2.17. The van der Waals surface area contributed by atoms with Gasteiger partial charge in [-0.15, -0.1) is 11.3 Å². The normalized spacial score (nSPS) is 13.1. The van der Waals surface area contributed by atoms with Crippen LogP contribution in [0, 0.1) is 0 Å². The highest BCUT2D eigenvalue weighted by Crippen LogP contribution is 2.33. The summed E-state index contributed by atoms with van der Waals surface area (Å²) in [6, 6.07) is 3.45. The summed E-state index contributed by atoms with van der Waals surface area (Å²) >= 11 is 1.55. The number of carboxylic acids is 1. The van der Waals surface area contributed by atoms with Crippen molar-refractivity contribution in [1.82, 2.24) is 5.32 Å². The molecule has 5 heteroatoms. The van der Waals surface area contributed by atoms with Crippen molar-refractivity contribution >= 4 is 23.2 Å². The molecule has 1 aromatic heterocycles. The van der Waals surface area contributed by atoms with Crippen LogP contribution in [-0.2, 0) is 15.0 Å². The highest BCUT2D eigenvalue weighted by molar-refractivity contribution is 7.12. The first-order valence-corrected chi connectivity index (χ1v) is 6.61. The van der Waals surface area contributed by atoms with E-state index in [1.807, 2.05) is 12.1 Å². The number of carbonyl (C=O) groups is 2. The molecule has 1 heterocycles. The molecule has 100 valence electrons. The van der Waals surface area contributed by atoms with Crippen molar-refractivity contribution in [2.75, 3.05) is 0 Å². The molecule has 0 saturated carbocycles. The molecule has 0 fully saturated rings. The molecule has 0 aliphatic carbocycles. The summed E-state index contributed by atoms with van der Waals surface area (Å²) in [5.74, 6) is -1.13. The van der Waals surface area contributed by atoms with Gasteiger partial charge in [0.25, 0.3) is 0 Å². The third-order valence-corrected chi connectivity index (χ3v) is 4.09. The van der Waals surface area contributed by atoms with Crippen LogP contribution in [0.2, 0.25) is 0 Å². The maximum atomic E-state index is 11.1. The van der Waals surface area contributed by atoms with E-state index in [1.54, 1.807) is 11.3 Å². The van der Waals surface area contributed by atoms with Crippen molar-refractivity contribution in [2.45, 2.75) is 45.6 Å². The van der Waals surface area contributed by atoms with Crippen LogP contribution < -0.4 is 5.32 Å². The van der Waals surface area contributed by atoms with E-state index in [0.717, 1.165) is 4.88 Å². The second-order valence-electron chi connectivity index (χ2n) is 5.30. The van der Waals surface area contributed by atoms with Crippen molar-refractivity contribution in [3.63, 3.8) is 0 Å². The fourth-order valence-corrected chi connectivity index (χ4v) is 2.70. The maximum absolute atomic E-state index is 11.1. The molecule has 0 bridgehead atoms. The average molecular weight is 269 g/mol. The van der Waals surface area contributed by atoms with Crippen LogP contribution in [-0.4, -0.2) is 17.0 Å². The first-order chi connectivity index (χ1) is 8.20. The fraction of sp³-hybridized carbons (Fsp3) is 0.538. The molecule has 0 aliphatic rings. The minimum absolute atomic E-state index is 0.0346. The Morgan fingerprint density at radius 2 is 2.00 bits per heavy atom. The van der Waals surface area contributed by atoms with Gasteiger partial charge in [-0.2, -0.15) is 0 Å². The van der Waals surface area contributed by atoms with E-state index >= 15 is 0 Å². The Morgan fingerprint density at radius 3 is 2.39 bits per heavy atom. The molecule has 1 rings (SSSR count). The van der Waals surface area contributed by atoms with Gasteiger partial charge in [-0.3, -0.25) is 9.59 Å². The smallest absolute Gasteiger partial charge is 0.305 e. The van der Waals surface area contributed by atoms with E-state index < -0.39 is 12.0 Å². The van der Waals surface area contributed by atoms with Crippen molar-refractivity contribution in [1.29, 1.82) is 0 Å². The second kappa shape index (κ2) is 5.52. The maximum Gasteiger partial charge on any atom is 0.305 e. The topological polar surface area (TPSA) is 66.4 Å². The van der Waals surface area contributed by atoms with E-state index in [0.29, 0.717) is 0 Å². The Hall–Kier alpha value is -1.36. The summed E-state index contributed by atoms with van der Waals surface area (Å²) in [6.07, 6.45) is -0.0936. The van der Waals surface area contributed by atoms with E-state index in [-0.39, 0.29) is 17.7 Å². The van der Waals surface area contributed by atoms with Crippen molar-refractivity contribution in [3.05, 3.63) is 21.9 Å². The van der Waals surface area contributed by atoms with Crippen LogP contribution in [0.5, 0.6) is 0 Å². The molecule has 0 unspecified atom stereocenters. The molecular formula is C13H19NO3S. The van der Waals surface area contributed by atoms with Crippen molar-refractivity contribution < 1.29 is 14.7 Å². The zero-order valence-corrected chi connectivity index (χ0v) is 11.9. The predicted molar refractivity (Wildman–Crippen MR) is 71.8 cm³/mol. The quantitative estimate of drug-likeness (QED) is 0.883. The van der Waals surface area contributed by atoms with Gasteiger partial charge >= 0.3 is 5.97 Å². The van der Waals surface area contributed by atoms with Gasteiger partial charge < -0.3 is 10.4 Å². The first-order valence-electron chi connectivity index (χ1n) is 5.79. The third-order valence-electron chi connectivity index (χ3n) is 2.47. The molecule has 18 heavy (non-hydrogen) atoms. The van der Waals surface area contributed by atoms with Gasteiger partial charge in [0.1, 0.15) is 0 Å². The third kappa shape index (κ3) is 4.14. The van der Waals surface area contributed by atoms with Gasteiger partial charge in [-0.25, -0.2) is 0 Å². The number of hydrogen-bond acceptors (Lipinski definition) is 3. The number of aliphatic carboxylic acids is 1. The molecule has 1 atom stereocenters. The fourth-order valence-electron chi connectivity index (χ4n) is 1.59. The lowest BCUT2D eigenvalue weighted by atomic mass is 9.95. The molecule has 2 N–H and O–H groups in total. The first kappa shape index (κ1) is 14.7. The summed E-state index contributed by atoms with van der Waals surface area (Å²) in [5, 5.41) is 11.6. The number of carbonyl (C=O) groups excluding carboxylic acids is 1. The largest absolute Gasteiger partial charge is 0.481 e. The van der Waals surface area contributed by atoms with Gasteiger partial charge in [0.15, 0.2) is 0 Å². The van der Waals surface area contributed by atoms with Crippen LogP contribution in [0.15, 0.2) is 12.1 Å². The van der Waals surface area contributed by atoms with Gasteiger partial charge in [0, 0.05) is 16.7 Å². The summed E-state index contributed by atoms with van der Waals surface area (Å²) in [6.45, 7) is 7.71. The Morgan fingerprint density at radius 1 is 1.39 bits per heavy atom. The van der Waals surface area contributed by atoms with Crippen molar-refractivity contribution in [3.8, 4) is 0 Å². The lowest BCUT2D eigenvalue weighted by molar-refractivity contribution is -0.137. The Bertz CT molecular complexity index is 429. The summed E-state index contributed by atoms with van der Waals surface area (Å²) in [7, 11) is 0. The van der Waals surface area contributed by atoms with Crippen LogP contribution >= 0.6 is 11.3 Å². The highest BCUT2D eigenvalue weighted by atomic mass is 32.1. The molecule has 0 saturated heterocycles. The molecule has 1 amide bonds. The molecule has 0 spiro atoms. The van der Waals surface area contributed by atoms with Crippen LogP contribution in [0.25, 0.3) is 0 Å². The zero-order valence-electron chi connectivity index (χ0n) is 11.1.